The highest BCUT2D eigenvalue weighted by Gasteiger charge is 2.28. The van der Waals surface area contributed by atoms with Crippen molar-refractivity contribution in [3.63, 3.8) is 0 Å². The molecule has 6 heteroatoms. The summed E-state index contributed by atoms with van der Waals surface area (Å²) in [6, 6.07) is 13.7. The Hall–Kier alpha value is -2.86. The van der Waals surface area contributed by atoms with Gasteiger partial charge in [0.05, 0.1) is 19.9 Å². The van der Waals surface area contributed by atoms with Crippen molar-refractivity contribution < 1.29 is 14.3 Å². The van der Waals surface area contributed by atoms with E-state index in [0.717, 1.165) is 28.4 Å². The molecule has 27 heavy (non-hydrogen) atoms. The maximum Gasteiger partial charge on any atom is 0.270 e. The van der Waals surface area contributed by atoms with E-state index < -0.39 is 0 Å². The van der Waals surface area contributed by atoms with Crippen LogP contribution in [0.2, 0.25) is 0 Å². The predicted molar refractivity (Wildman–Crippen MR) is 107 cm³/mol. The number of hydrogen-bond acceptors (Lipinski definition) is 5. The van der Waals surface area contributed by atoms with E-state index in [1.54, 1.807) is 14.2 Å². The van der Waals surface area contributed by atoms with E-state index in [-0.39, 0.29) is 5.91 Å². The summed E-state index contributed by atoms with van der Waals surface area (Å²) in [6.07, 6.45) is 0.891. The van der Waals surface area contributed by atoms with E-state index in [2.05, 4.69) is 11.1 Å². The third-order valence-corrected chi connectivity index (χ3v) is 5.95. The fraction of sp³-hybridized carbons (Fsp3) is 0.238. The van der Waals surface area contributed by atoms with Crippen LogP contribution in [0.15, 0.2) is 42.5 Å². The highest BCUT2D eigenvalue weighted by Crippen LogP contribution is 2.36. The summed E-state index contributed by atoms with van der Waals surface area (Å²) in [5, 5.41) is 0.796. The lowest BCUT2D eigenvalue weighted by Gasteiger charge is -2.16. The first kappa shape index (κ1) is 17.5. The predicted octanol–water partition coefficient (Wildman–Crippen LogP) is 4.34. The van der Waals surface area contributed by atoms with Crippen LogP contribution in [-0.2, 0) is 6.42 Å². The van der Waals surface area contributed by atoms with Crippen LogP contribution in [-0.4, -0.2) is 31.7 Å². The molecule has 0 bridgehead atoms. The van der Waals surface area contributed by atoms with Crippen LogP contribution < -0.4 is 14.4 Å². The number of amides is 1. The molecule has 0 fully saturated rings. The maximum atomic E-state index is 13.2. The Morgan fingerprint density at radius 3 is 2.67 bits per heavy atom. The van der Waals surface area contributed by atoms with Gasteiger partial charge in [0.15, 0.2) is 11.5 Å². The zero-order chi connectivity index (χ0) is 19.0. The number of rotatable bonds is 4. The summed E-state index contributed by atoms with van der Waals surface area (Å²) in [6.45, 7) is 2.59. The molecule has 4 rings (SSSR count). The Morgan fingerprint density at radius 1 is 1.11 bits per heavy atom. The van der Waals surface area contributed by atoms with Crippen LogP contribution in [0.1, 0.15) is 20.9 Å². The molecular weight excluding hydrogens is 360 g/mol. The number of thiazole rings is 1. The van der Waals surface area contributed by atoms with Crippen molar-refractivity contribution >= 4 is 22.9 Å². The first-order valence-corrected chi connectivity index (χ1v) is 9.53. The maximum absolute atomic E-state index is 13.2. The van der Waals surface area contributed by atoms with Gasteiger partial charge in [-0.25, -0.2) is 4.98 Å². The third kappa shape index (κ3) is 3.06. The largest absolute Gasteiger partial charge is 0.493 e. The van der Waals surface area contributed by atoms with E-state index in [1.807, 2.05) is 48.2 Å². The van der Waals surface area contributed by atoms with Gasteiger partial charge < -0.3 is 14.4 Å². The molecule has 1 aliphatic rings. The number of methoxy groups -OCH3 is 2. The molecular formula is C21H20N2O3S. The number of nitrogens with zero attached hydrogens (tertiary/aromatic N) is 2. The number of aryl methyl sites for hydroxylation is 1. The molecule has 2 heterocycles. The smallest absolute Gasteiger partial charge is 0.270 e. The van der Waals surface area contributed by atoms with Crippen LogP contribution in [0.4, 0.5) is 5.69 Å². The Kier molecular flexibility index (Phi) is 4.58. The average Bonchev–Trinajstić information content (AvgIpc) is 3.30. The monoisotopic (exact) mass is 380 g/mol. The van der Waals surface area contributed by atoms with Gasteiger partial charge >= 0.3 is 0 Å². The number of hydrogen-bond donors (Lipinski definition) is 0. The molecule has 0 saturated heterocycles. The first-order valence-electron chi connectivity index (χ1n) is 8.72. The van der Waals surface area contributed by atoms with Crippen molar-refractivity contribution in [1.82, 2.24) is 4.98 Å². The number of benzene rings is 2. The second-order valence-electron chi connectivity index (χ2n) is 6.34. The fourth-order valence-electron chi connectivity index (χ4n) is 3.36. The molecule has 0 atom stereocenters. The van der Waals surface area contributed by atoms with Crippen molar-refractivity contribution in [2.75, 3.05) is 25.7 Å². The van der Waals surface area contributed by atoms with Gasteiger partial charge in [0.25, 0.3) is 5.91 Å². The van der Waals surface area contributed by atoms with Crippen LogP contribution in [0.25, 0.3) is 10.6 Å². The van der Waals surface area contributed by atoms with E-state index in [0.29, 0.717) is 22.9 Å². The number of para-hydroxylation sites is 1. The van der Waals surface area contributed by atoms with E-state index in [9.17, 15) is 4.79 Å². The fourth-order valence-corrected chi connectivity index (χ4v) is 4.37. The zero-order valence-corrected chi connectivity index (χ0v) is 16.3. The molecule has 138 valence electrons. The minimum atomic E-state index is 0.0154. The molecule has 1 aromatic heterocycles. The van der Waals surface area contributed by atoms with Crippen LogP contribution in [0.3, 0.4) is 0 Å². The zero-order valence-electron chi connectivity index (χ0n) is 15.5. The summed E-state index contributed by atoms with van der Waals surface area (Å²) in [5.74, 6) is 1.32. The topological polar surface area (TPSA) is 51.7 Å². The van der Waals surface area contributed by atoms with Gasteiger partial charge in [0.1, 0.15) is 9.88 Å². The average molecular weight is 380 g/mol. The standard InChI is InChI=1S/C21H20N2O3S/c1-13-19(21(24)23-11-10-14-6-4-5-7-16(14)23)27-20(22-13)15-8-9-17(25-2)18(12-15)26-3/h4-9,12H,10-11H2,1-3H3. The minimum absolute atomic E-state index is 0.0154. The number of aromatic nitrogens is 1. The number of anilines is 1. The SMILES string of the molecule is COc1ccc(-c2nc(C)c(C(=O)N3CCc4ccccc43)s2)cc1OC. The van der Waals surface area contributed by atoms with Gasteiger partial charge in [-0.15, -0.1) is 11.3 Å². The summed E-state index contributed by atoms with van der Waals surface area (Å²) in [7, 11) is 3.21. The van der Waals surface area contributed by atoms with Gasteiger partial charge in [-0.2, -0.15) is 0 Å². The van der Waals surface area contributed by atoms with Crippen LogP contribution in [0, 0.1) is 6.92 Å². The molecule has 0 spiro atoms. The second-order valence-corrected chi connectivity index (χ2v) is 7.34. The van der Waals surface area contributed by atoms with E-state index in [1.165, 1.54) is 16.9 Å². The Morgan fingerprint density at radius 2 is 1.89 bits per heavy atom. The summed E-state index contributed by atoms with van der Waals surface area (Å²) >= 11 is 1.42. The normalized spacial score (nSPS) is 12.8. The molecule has 1 aliphatic heterocycles. The van der Waals surface area contributed by atoms with Crippen LogP contribution in [0.5, 0.6) is 11.5 Å². The Balaban J connectivity index is 1.67. The van der Waals surface area contributed by atoms with Crippen molar-refractivity contribution in [1.29, 1.82) is 0 Å². The quantitative estimate of drug-likeness (QED) is 0.676. The molecule has 0 N–H and O–H groups in total. The van der Waals surface area contributed by atoms with E-state index >= 15 is 0 Å². The Bertz CT molecular complexity index is 1010. The van der Waals surface area contributed by atoms with Gasteiger partial charge in [0, 0.05) is 17.8 Å². The van der Waals surface area contributed by atoms with Crippen molar-refractivity contribution in [3.05, 3.63) is 58.6 Å². The van der Waals surface area contributed by atoms with Crippen LogP contribution >= 0.6 is 11.3 Å². The summed E-state index contributed by atoms with van der Waals surface area (Å²) in [4.78, 5) is 20.3. The van der Waals surface area contributed by atoms with E-state index in [4.69, 9.17) is 9.47 Å². The molecule has 2 aromatic carbocycles. The molecule has 0 unspecified atom stereocenters. The minimum Gasteiger partial charge on any atom is -0.493 e. The molecule has 0 saturated carbocycles. The molecule has 5 nitrogen and oxygen atoms in total. The lowest BCUT2D eigenvalue weighted by molar-refractivity contribution is 0.0992. The first-order chi connectivity index (χ1) is 13.1. The number of carbonyl (C=O) groups excluding carboxylic acids is 1. The van der Waals surface area contributed by atoms with Gasteiger partial charge in [-0.3, -0.25) is 4.79 Å². The summed E-state index contributed by atoms with van der Waals surface area (Å²) in [5.41, 5.74) is 3.87. The molecule has 1 amide bonds. The molecule has 0 radical (unpaired) electrons. The lowest BCUT2D eigenvalue weighted by atomic mass is 10.2. The lowest BCUT2D eigenvalue weighted by Crippen LogP contribution is -2.28. The van der Waals surface area contributed by atoms with Gasteiger partial charge in [-0.05, 0) is 43.2 Å². The van der Waals surface area contributed by atoms with Gasteiger partial charge in [-0.1, -0.05) is 18.2 Å². The highest BCUT2D eigenvalue weighted by atomic mass is 32.1. The van der Waals surface area contributed by atoms with Crippen molar-refractivity contribution in [2.24, 2.45) is 0 Å². The van der Waals surface area contributed by atoms with Crippen molar-refractivity contribution in [2.45, 2.75) is 13.3 Å². The number of ether oxygens (including phenoxy) is 2. The van der Waals surface area contributed by atoms with Gasteiger partial charge in [0.2, 0.25) is 0 Å². The second kappa shape index (κ2) is 7.04. The Labute approximate surface area is 162 Å². The highest BCUT2D eigenvalue weighted by molar-refractivity contribution is 7.17. The number of carbonyl (C=O) groups is 1. The molecule has 3 aromatic rings. The third-order valence-electron chi connectivity index (χ3n) is 4.75. The summed E-state index contributed by atoms with van der Waals surface area (Å²) < 4.78 is 10.7. The molecule has 0 aliphatic carbocycles. The number of fused-ring (bicyclic) bond motifs is 1. The van der Waals surface area contributed by atoms with Crippen molar-refractivity contribution in [3.8, 4) is 22.1 Å².